The van der Waals surface area contributed by atoms with E-state index in [1.807, 2.05) is 0 Å². The van der Waals surface area contributed by atoms with Crippen LogP contribution in [0.15, 0.2) is 0 Å². The number of aliphatic carboxylic acids is 1. The highest BCUT2D eigenvalue weighted by Crippen LogP contribution is 2.12. The molecular formula is C10H18O4S. The lowest BCUT2D eigenvalue weighted by molar-refractivity contribution is -0.151. The molecule has 5 heteroatoms. The number of rotatable bonds is 5. The maximum Gasteiger partial charge on any atom is 0.316 e. The van der Waals surface area contributed by atoms with Crippen molar-refractivity contribution in [2.24, 2.45) is 5.92 Å². The number of carboxylic acids is 1. The predicted octanol–water partition coefficient (Wildman–Crippen LogP) is 1.78. The first-order chi connectivity index (χ1) is 6.72. The molecule has 88 valence electrons. The third-order valence-electron chi connectivity index (χ3n) is 1.43. The second kappa shape index (κ2) is 6.00. The van der Waals surface area contributed by atoms with Crippen molar-refractivity contribution < 1.29 is 19.4 Å². The average Bonchev–Trinajstić information content (AvgIpc) is 2.00. The van der Waals surface area contributed by atoms with Crippen molar-refractivity contribution in [2.45, 2.75) is 33.3 Å². The minimum Gasteiger partial charge on any atom is -0.481 e. The van der Waals surface area contributed by atoms with E-state index in [1.54, 1.807) is 27.7 Å². The van der Waals surface area contributed by atoms with Gasteiger partial charge in [-0.05, 0) is 20.8 Å². The Hall–Kier alpha value is -0.710. The molecule has 0 aliphatic carbocycles. The smallest absolute Gasteiger partial charge is 0.316 e. The van der Waals surface area contributed by atoms with Gasteiger partial charge in [-0.2, -0.15) is 0 Å². The lowest BCUT2D eigenvalue weighted by Gasteiger charge is -2.19. The van der Waals surface area contributed by atoms with Crippen molar-refractivity contribution in [2.75, 3.05) is 11.5 Å². The molecular weight excluding hydrogens is 216 g/mol. The van der Waals surface area contributed by atoms with Crippen LogP contribution in [0.1, 0.15) is 27.7 Å². The second-order valence-electron chi connectivity index (χ2n) is 4.34. The van der Waals surface area contributed by atoms with Crippen molar-refractivity contribution >= 4 is 23.7 Å². The Balaban J connectivity index is 3.69. The van der Waals surface area contributed by atoms with Gasteiger partial charge in [-0.3, -0.25) is 9.59 Å². The van der Waals surface area contributed by atoms with E-state index in [-0.39, 0.29) is 11.7 Å². The summed E-state index contributed by atoms with van der Waals surface area (Å²) in [4.78, 5) is 21.7. The Bertz CT molecular complexity index is 232. The maximum atomic E-state index is 11.2. The second-order valence-corrected chi connectivity index (χ2v) is 5.37. The highest BCUT2D eigenvalue weighted by Gasteiger charge is 2.17. The molecule has 0 aromatic heterocycles. The summed E-state index contributed by atoms with van der Waals surface area (Å²) < 4.78 is 5.07. The zero-order chi connectivity index (χ0) is 12.1. The standard InChI is InChI=1S/C10H18O4S/c1-7(9(12)13)5-15-6-8(11)14-10(2,3)4/h7H,5-6H2,1-4H3,(H,12,13). The van der Waals surface area contributed by atoms with Crippen LogP contribution in [-0.2, 0) is 14.3 Å². The Labute approximate surface area is 94.4 Å². The zero-order valence-corrected chi connectivity index (χ0v) is 10.4. The number of thioether (sulfide) groups is 1. The minimum atomic E-state index is -0.841. The summed E-state index contributed by atoms with van der Waals surface area (Å²) >= 11 is 1.28. The van der Waals surface area contributed by atoms with Gasteiger partial charge >= 0.3 is 11.9 Å². The van der Waals surface area contributed by atoms with E-state index in [1.165, 1.54) is 11.8 Å². The van der Waals surface area contributed by atoms with Gasteiger partial charge in [-0.25, -0.2) is 0 Å². The van der Waals surface area contributed by atoms with Gasteiger partial charge in [0.1, 0.15) is 5.60 Å². The molecule has 15 heavy (non-hydrogen) atoms. The molecule has 0 radical (unpaired) electrons. The fraction of sp³-hybridized carbons (Fsp3) is 0.800. The van der Waals surface area contributed by atoms with Gasteiger partial charge < -0.3 is 9.84 Å². The Morgan fingerprint density at radius 2 is 1.93 bits per heavy atom. The van der Waals surface area contributed by atoms with Gasteiger partial charge in [0.15, 0.2) is 0 Å². The van der Waals surface area contributed by atoms with Crippen molar-refractivity contribution in [3.8, 4) is 0 Å². The van der Waals surface area contributed by atoms with Crippen LogP contribution in [0.4, 0.5) is 0 Å². The fourth-order valence-electron chi connectivity index (χ4n) is 0.761. The van der Waals surface area contributed by atoms with E-state index in [0.717, 1.165) is 0 Å². The summed E-state index contributed by atoms with van der Waals surface area (Å²) in [6.45, 7) is 7.02. The van der Waals surface area contributed by atoms with E-state index >= 15 is 0 Å². The summed E-state index contributed by atoms with van der Waals surface area (Å²) in [6, 6.07) is 0. The van der Waals surface area contributed by atoms with Gasteiger partial charge in [0.2, 0.25) is 0 Å². The molecule has 1 unspecified atom stereocenters. The number of esters is 1. The molecule has 0 rings (SSSR count). The number of hydrogen-bond acceptors (Lipinski definition) is 4. The maximum absolute atomic E-state index is 11.2. The summed E-state index contributed by atoms with van der Waals surface area (Å²) in [6.07, 6.45) is 0. The van der Waals surface area contributed by atoms with Gasteiger partial charge in [0, 0.05) is 5.75 Å². The number of ether oxygens (including phenoxy) is 1. The molecule has 0 aromatic rings. The monoisotopic (exact) mass is 234 g/mol. The van der Waals surface area contributed by atoms with E-state index < -0.39 is 17.5 Å². The largest absolute Gasteiger partial charge is 0.481 e. The number of hydrogen-bond donors (Lipinski definition) is 1. The lowest BCUT2D eigenvalue weighted by Crippen LogP contribution is -2.25. The first kappa shape index (κ1) is 14.3. The molecule has 0 aliphatic rings. The van der Waals surface area contributed by atoms with Crippen molar-refractivity contribution in [3.05, 3.63) is 0 Å². The molecule has 1 atom stereocenters. The molecule has 4 nitrogen and oxygen atoms in total. The molecule has 0 saturated carbocycles. The van der Waals surface area contributed by atoms with Crippen molar-refractivity contribution in [1.29, 1.82) is 0 Å². The van der Waals surface area contributed by atoms with Crippen LogP contribution in [0.2, 0.25) is 0 Å². The molecule has 0 aliphatic heterocycles. The first-order valence-electron chi connectivity index (χ1n) is 4.75. The van der Waals surface area contributed by atoms with Gasteiger partial charge in [0.25, 0.3) is 0 Å². The number of carbonyl (C=O) groups excluding carboxylic acids is 1. The van der Waals surface area contributed by atoms with Crippen LogP contribution >= 0.6 is 11.8 Å². The van der Waals surface area contributed by atoms with Crippen LogP contribution in [0.3, 0.4) is 0 Å². The quantitative estimate of drug-likeness (QED) is 0.735. The van der Waals surface area contributed by atoms with Crippen LogP contribution in [0.5, 0.6) is 0 Å². The first-order valence-corrected chi connectivity index (χ1v) is 5.90. The highest BCUT2D eigenvalue weighted by molar-refractivity contribution is 7.99. The van der Waals surface area contributed by atoms with E-state index in [4.69, 9.17) is 9.84 Å². The van der Waals surface area contributed by atoms with Crippen LogP contribution < -0.4 is 0 Å². The minimum absolute atomic E-state index is 0.203. The molecule has 0 fully saturated rings. The molecule has 0 bridgehead atoms. The average molecular weight is 234 g/mol. The number of carbonyl (C=O) groups is 2. The highest BCUT2D eigenvalue weighted by atomic mass is 32.2. The Morgan fingerprint density at radius 1 is 1.40 bits per heavy atom. The Kier molecular flexibility index (Phi) is 5.72. The van der Waals surface area contributed by atoms with Crippen LogP contribution in [0.25, 0.3) is 0 Å². The molecule has 0 heterocycles. The molecule has 0 aromatic carbocycles. The van der Waals surface area contributed by atoms with Crippen LogP contribution in [-0.4, -0.2) is 34.2 Å². The van der Waals surface area contributed by atoms with Crippen molar-refractivity contribution in [1.82, 2.24) is 0 Å². The third kappa shape index (κ3) is 8.30. The summed E-state index contributed by atoms with van der Waals surface area (Å²) in [5.74, 6) is -0.946. The zero-order valence-electron chi connectivity index (χ0n) is 9.57. The summed E-state index contributed by atoms with van der Waals surface area (Å²) in [5, 5.41) is 8.60. The van der Waals surface area contributed by atoms with Gasteiger partial charge in [-0.15, -0.1) is 11.8 Å². The molecule has 0 amide bonds. The van der Waals surface area contributed by atoms with Crippen LogP contribution in [0, 0.1) is 5.92 Å². The normalized spacial score (nSPS) is 13.3. The Morgan fingerprint density at radius 3 is 2.33 bits per heavy atom. The molecule has 0 spiro atoms. The predicted molar refractivity (Wildman–Crippen MR) is 60.0 cm³/mol. The third-order valence-corrected chi connectivity index (χ3v) is 2.60. The van der Waals surface area contributed by atoms with Gasteiger partial charge in [0.05, 0.1) is 11.7 Å². The molecule has 0 saturated heterocycles. The van der Waals surface area contributed by atoms with E-state index in [2.05, 4.69) is 0 Å². The van der Waals surface area contributed by atoms with Crippen molar-refractivity contribution in [3.63, 3.8) is 0 Å². The summed E-state index contributed by atoms with van der Waals surface area (Å²) in [7, 11) is 0. The van der Waals surface area contributed by atoms with Gasteiger partial charge in [-0.1, -0.05) is 6.92 Å². The fourth-order valence-corrected chi connectivity index (χ4v) is 1.60. The molecule has 1 N–H and O–H groups in total. The van der Waals surface area contributed by atoms with E-state index in [0.29, 0.717) is 5.75 Å². The van der Waals surface area contributed by atoms with E-state index in [9.17, 15) is 9.59 Å². The SMILES string of the molecule is CC(CSCC(=O)OC(C)(C)C)C(=O)O. The summed E-state index contributed by atoms with van der Waals surface area (Å²) in [5.41, 5.74) is -0.476. The lowest BCUT2D eigenvalue weighted by atomic mass is 10.2. The topological polar surface area (TPSA) is 63.6 Å². The number of carboxylic acid groups (broad SMARTS) is 1.